The van der Waals surface area contributed by atoms with Gasteiger partial charge in [-0.3, -0.25) is 0 Å². The van der Waals surface area contributed by atoms with Crippen LogP contribution in [-0.4, -0.2) is 26.8 Å². The van der Waals surface area contributed by atoms with E-state index in [1.165, 1.54) is 18.2 Å². The van der Waals surface area contributed by atoms with E-state index in [4.69, 9.17) is 0 Å². The zero-order valence-electron chi connectivity index (χ0n) is 11.7. The first-order valence-corrected chi connectivity index (χ1v) is 8.27. The summed E-state index contributed by atoms with van der Waals surface area (Å²) in [6.07, 6.45) is 0.899. The van der Waals surface area contributed by atoms with Crippen LogP contribution in [-0.2, 0) is 9.84 Å². The Morgan fingerprint density at radius 3 is 2.53 bits per heavy atom. The fourth-order valence-corrected chi connectivity index (χ4v) is 3.65. The zero-order chi connectivity index (χ0) is 14.5. The van der Waals surface area contributed by atoms with Crippen LogP contribution in [0.1, 0.15) is 27.2 Å². The van der Waals surface area contributed by atoms with Crippen LogP contribution in [0.2, 0.25) is 0 Å². The molecule has 0 saturated heterocycles. The summed E-state index contributed by atoms with van der Waals surface area (Å²) in [6.45, 7) is 6.72. The molecule has 1 aromatic rings. The second-order valence-corrected chi connectivity index (χ2v) is 6.82. The number of rotatable bonds is 7. The van der Waals surface area contributed by atoms with Crippen molar-refractivity contribution in [1.29, 1.82) is 0 Å². The smallest absolute Gasteiger partial charge is 0.180 e. The molecule has 0 aromatic heterocycles. The van der Waals surface area contributed by atoms with Gasteiger partial charge in [0.2, 0.25) is 0 Å². The SMILES string of the molecule is CCNC(CS(=O)(=O)c1cccc(F)c1)C(C)CC. The molecule has 2 unspecified atom stereocenters. The van der Waals surface area contributed by atoms with Crippen LogP contribution >= 0.6 is 0 Å². The second-order valence-electron chi connectivity index (χ2n) is 4.79. The van der Waals surface area contributed by atoms with Crippen LogP contribution in [0.5, 0.6) is 0 Å². The number of hydrogen-bond acceptors (Lipinski definition) is 3. The highest BCUT2D eigenvalue weighted by molar-refractivity contribution is 7.91. The van der Waals surface area contributed by atoms with Gasteiger partial charge in [0.1, 0.15) is 5.82 Å². The molecule has 0 aliphatic rings. The summed E-state index contributed by atoms with van der Waals surface area (Å²) in [5.74, 6) is -0.271. The van der Waals surface area contributed by atoms with E-state index in [1.54, 1.807) is 0 Å². The first-order valence-electron chi connectivity index (χ1n) is 6.62. The Hall–Kier alpha value is -0.940. The molecule has 0 radical (unpaired) electrons. The maximum Gasteiger partial charge on any atom is 0.180 e. The number of sulfone groups is 1. The summed E-state index contributed by atoms with van der Waals surface area (Å²) in [7, 11) is -3.46. The van der Waals surface area contributed by atoms with Gasteiger partial charge in [0.15, 0.2) is 9.84 Å². The average Bonchev–Trinajstić information content (AvgIpc) is 2.37. The van der Waals surface area contributed by atoms with E-state index in [2.05, 4.69) is 5.32 Å². The highest BCUT2D eigenvalue weighted by Gasteiger charge is 2.24. The standard InChI is InChI=1S/C14H22FNO2S/c1-4-11(3)14(16-5-2)10-19(17,18)13-8-6-7-12(15)9-13/h6-9,11,14,16H,4-5,10H2,1-3H3. The quantitative estimate of drug-likeness (QED) is 0.838. The van der Waals surface area contributed by atoms with Crippen molar-refractivity contribution < 1.29 is 12.8 Å². The van der Waals surface area contributed by atoms with E-state index in [9.17, 15) is 12.8 Å². The first-order chi connectivity index (χ1) is 8.90. The average molecular weight is 287 g/mol. The van der Waals surface area contributed by atoms with Crippen LogP contribution in [0.3, 0.4) is 0 Å². The Bertz CT molecular complexity index is 502. The van der Waals surface area contributed by atoms with Crippen molar-refractivity contribution in [2.24, 2.45) is 5.92 Å². The molecule has 2 atom stereocenters. The van der Waals surface area contributed by atoms with Crippen LogP contribution in [0.25, 0.3) is 0 Å². The largest absolute Gasteiger partial charge is 0.313 e. The summed E-state index contributed by atoms with van der Waals surface area (Å²) in [5, 5.41) is 3.20. The fourth-order valence-electron chi connectivity index (χ4n) is 1.96. The van der Waals surface area contributed by atoms with Crippen molar-refractivity contribution in [1.82, 2.24) is 5.32 Å². The van der Waals surface area contributed by atoms with Crippen LogP contribution in [0.4, 0.5) is 4.39 Å². The molecule has 0 amide bonds. The van der Waals surface area contributed by atoms with Gasteiger partial charge in [-0.25, -0.2) is 12.8 Å². The molecule has 0 aliphatic carbocycles. The predicted molar refractivity (Wildman–Crippen MR) is 75.4 cm³/mol. The van der Waals surface area contributed by atoms with Crippen LogP contribution in [0, 0.1) is 11.7 Å². The highest BCUT2D eigenvalue weighted by Crippen LogP contribution is 2.17. The Morgan fingerprint density at radius 2 is 2.00 bits per heavy atom. The Kier molecular flexibility index (Phi) is 5.94. The minimum atomic E-state index is -3.46. The third kappa shape index (κ3) is 4.58. The van der Waals surface area contributed by atoms with Crippen LogP contribution in [0.15, 0.2) is 29.2 Å². The molecule has 0 bridgehead atoms. The molecule has 0 fully saturated rings. The summed E-state index contributed by atoms with van der Waals surface area (Å²) in [5.41, 5.74) is 0. The molecule has 5 heteroatoms. The van der Waals surface area contributed by atoms with E-state index < -0.39 is 15.7 Å². The topological polar surface area (TPSA) is 46.2 Å². The number of hydrogen-bond donors (Lipinski definition) is 1. The van der Waals surface area contributed by atoms with Gasteiger partial charge in [-0.05, 0) is 30.7 Å². The summed E-state index contributed by atoms with van der Waals surface area (Å²) in [6, 6.07) is 5.08. The third-order valence-electron chi connectivity index (χ3n) is 3.35. The van der Waals surface area contributed by atoms with Gasteiger partial charge in [-0.15, -0.1) is 0 Å². The summed E-state index contributed by atoms with van der Waals surface area (Å²) >= 11 is 0. The van der Waals surface area contributed by atoms with Crippen molar-refractivity contribution in [2.75, 3.05) is 12.3 Å². The fraction of sp³-hybridized carbons (Fsp3) is 0.571. The van der Waals surface area contributed by atoms with Crippen molar-refractivity contribution in [3.05, 3.63) is 30.1 Å². The second kappa shape index (κ2) is 7.01. The number of halogens is 1. The predicted octanol–water partition coefficient (Wildman–Crippen LogP) is 2.62. The molecule has 0 saturated carbocycles. The van der Waals surface area contributed by atoms with Gasteiger partial charge in [0, 0.05) is 6.04 Å². The highest BCUT2D eigenvalue weighted by atomic mass is 32.2. The maximum atomic E-state index is 13.1. The van der Waals surface area contributed by atoms with Crippen LogP contribution < -0.4 is 5.32 Å². The van der Waals surface area contributed by atoms with Gasteiger partial charge in [-0.1, -0.05) is 33.3 Å². The number of benzene rings is 1. The zero-order valence-corrected chi connectivity index (χ0v) is 12.5. The van der Waals surface area contributed by atoms with E-state index in [-0.39, 0.29) is 22.6 Å². The Morgan fingerprint density at radius 1 is 1.32 bits per heavy atom. The van der Waals surface area contributed by atoms with Gasteiger partial charge >= 0.3 is 0 Å². The molecular weight excluding hydrogens is 265 g/mol. The minimum Gasteiger partial charge on any atom is -0.313 e. The molecule has 1 rings (SSSR count). The van der Waals surface area contributed by atoms with Crippen molar-refractivity contribution >= 4 is 9.84 Å². The normalized spacial score (nSPS) is 15.2. The molecule has 3 nitrogen and oxygen atoms in total. The molecule has 19 heavy (non-hydrogen) atoms. The molecular formula is C14H22FNO2S. The van der Waals surface area contributed by atoms with Gasteiger partial charge in [-0.2, -0.15) is 0 Å². The summed E-state index contributed by atoms with van der Waals surface area (Å²) in [4.78, 5) is 0.0544. The van der Waals surface area contributed by atoms with Crippen molar-refractivity contribution in [3.63, 3.8) is 0 Å². The minimum absolute atomic E-state index is 0.000694. The molecule has 108 valence electrons. The van der Waals surface area contributed by atoms with E-state index in [0.717, 1.165) is 12.5 Å². The lowest BCUT2D eigenvalue weighted by molar-refractivity contribution is 0.398. The maximum absolute atomic E-state index is 13.1. The molecule has 1 N–H and O–H groups in total. The Labute approximate surface area is 115 Å². The van der Waals surface area contributed by atoms with Crippen molar-refractivity contribution in [2.45, 2.75) is 38.1 Å². The third-order valence-corrected chi connectivity index (χ3v) is 5.12. The van der Waals surface area contributed by atoms with Gasteiger partial charge in [0.05, 0.1) is 10.6 Å². The lowest BCUT2D eigenvalue weighted by Gasteiger charge is -2.23. The van der Waals surface area contributed by atoms with Gasteiger partial charge in [0.25, 0.3) is 0 Å². The molecule has 1 aromatic carbocycles. The summed E-state index contributed by atoms with van der Waals surface area (Å²) < 4.78 is 37.7. The van der Waals surface area contributed by atoms with Gasteiger partial charge < -0.3 is 5.32 Å². The number of nitrogens with one attached hydrogen (secondary N) is 1. The van der Waals surface area contributed by atoms with E-state index in [1.807, 2.05) is 20.8 Å². The Balaban J connectivity index is 2.94. The molecule has 0 heterocycles. The molecule has 0 spiro atoms. The lowest BCUT2D eigenvalue weighted by atomic mass is 10.0. The first kappa shape index (κ1) is 16.1. The van der Waals surface area contributed by atoms with E-state index >= 15 is 0 Å². The van der Waals surface area contributed by atoms with Crippen molar-refractivity contribution in [3.8, 4) is 0 Å². The monoisotopic (exact) mass is 287 g/mol. The molecule has 0 aliphatic heterocycles. The lowest BCUT2D eigenvalue weighted by Crippen LogP contribution is -2.40. The van der Waals surface area contributed by atoms with E-state index in [0.29, 0.717) is 6.54 Å².